The summed E-state index contributed by atoms with van der Waals surface area (Å²) in [5, 5.41) is 13.7. The third kappa shape index (κ3) is 34.9. The molecule has 3 unspecified atom stereocenters. The van der Waals surface area contributed by atoms with E-state index in [9.17, 15) is 19.4 Å². The number of allylic oxidation sites excluding steroid dienone is 7. The van der Waals surface area contributed by atoms with E-state index in [-0.39, 0.29) is 12.5 Å². The largest absolute Gasteiger partial charge is 0.756 e. The van der Waals surface area contributed by atoms with Gasteiger partial charge in [0.05, 0.1) is 39.9 Å². The molecule has 9 heteroatoms. The fraction of sp³-hybridized carbons (Fsp3) is 0.780. The van der Waals surface area contributed by atoms with E-state index in [0.717, 1.165) is 64.2 Å². The van der Waals surface area contributed by atoms with Crippen molar-refractivity contribution in [3.05, 3.63) is 48.6 Å². The zero-order chi connectivity index (χ0) is 37.2. The van der Waals surface area contributed by atoms with Crippen LogP contribution in [0.15, 0.2) is 48.6 Å². The molecule has 0 saturated heterocycles. The van der Waals surface area contributed by atoms with Gasteiger partial charge in [-0.2, -0.15) is 0 Å². The molecular weight excluding hydrogens is 647 g/mol. The van der Waals surface area contributed by atoms with E-state index < -0.39 is 26.6 Å². The highest BCUT2D eigenvalue weighted by Crippen LogP contribution is 2.38. The second-order valence-corrected chi connectivity index (χ2v) is 16.0. The Labute approximate surface area is 308 Å². The molecule has 0 saturated carbocycles. The number of quaternary nitrogens is 1. The fourth-order valence-corrected chi connectivity index (χ4v) is 5.98. The first-order valence-corrected chi connectivity index (χ1v) is 21.5. The molecule has 0 aromatic carbocycles. The van der Waals surface area contributed by atoms with Crippen LogP contribution in [-0.2, 0) is 18.4 Å². The maximum Gasteiger partial charge on any atom is 0.268 e. The molecule has 0 aromatic heterocycles. The average molecular weight is 725 g/mol. The Morgan fingerprint density at radius 1 is 0.700 bits per heavy atom. The number of nitrogens with zero attached hydrogens (tertiary/aromatic N) is 1. The molecule has 0 aliphatic carbocycles. The summed E-state index contributed by atoms with van der Waals surface area (Å²) in [4.78, 5) is 25.2. The number of hydrogen-bond donors (Lipinski definition) is 2. The minimum Gasteiger partial charge on any atom is -0.756 e. The van der Waals surface area contributed by atoms with E-state index in [2.05, 4.69) is 55.6 Å². The Hall–Kier alpha value is -1.54. The summed E-state index contributed by atoms with van der Waals surface area (Å²) in [6.07, 6.45) is 40.1. The number of likely N-dealkylation sites (N-methyl/N-ethyl adjacent to an activating group) is 1. The van der Waals surface area contributed by atoms with Crippen LogP contribution in [0.1, 0.15) is 155 Å². The second-order valence-electron chi connectivity index (χ2n) is 14.6. The van der Waals surface area contributed by atoms with Crippen molar-refractivity contribution in [3.63, 3.8) is 0 Å². The predicted octanol–water partition coefficient (Wildman–Crippen LogP) is 9.89. The summed E-state index contributed by atoms with van der Waals surface area (Å²) in [6, 6.07) is -0.908. The predicted molar refractivity (Wildman–Crippen MR) is 210 cm³/mol. The van der Waals surface area contributed by atoms with Crippen molar-refractivity contribution in [1.82, 2.24) is 5.32 Å². The van der Waals surface area contributed by atoms with Crippen LogP contribution in [-0.4, -0.2) is 68.5 Å². The third-order valence-corrected chi connectivity index (χ3v) is 9.48. The van der Waals surface area contributed by atoms with E-state index in [0.29, 0.717) is 17.4 Å². The normalized spacial score (nSPS) is 15.1. The molecule has 0 radical (unpaired) electrons. The molecule has 0 aliphatic heterocycles. The summed E-state index contributed by atoms with van der Waals surface area (Å²) < 4.78 is 23.1. The monoisotopic (exact) mass is 725 g/mol. The Morgan fingerprint density at radius 2 is 1.18 bits per heavy atom. The summed E-state index contributed by atoms with van der Waals surface area (Å²) in [6.45, 7) is 4.55. The average Bonchev–Trinajstić information content (AvgIpc) is 3.06. The van der Waals surface area contributed by atoms with E-state index >= 15 is 0 Å². The number of rotatable bonds is 35. The van der Waals surface area contributed by atoms with Gasteiger partial charge in [0, 0.05) is 6.42 Å². The number of phosphoric acid groups is 1. The third-order valence-electron chi connectivity index (χ3n) is 8.51. The minimum absolute atomic E-state index is 0.0109. The lowest BCUT2D eigenvalue weighted by Crippen LogP contribution is -2.45. The van der Waals surface area contributed by atoms with Gasteiger partial charge in [-0.15, -0.1) is 0 Å². The van der Waals surface area contributed by atoms with Crippen molar-refractivity contribution in [1.29, 1.82) is 0 Å². The molecular formula is C41H77N2O6P. The van der Waals surface area contributed by atoms with Gasteiger partial charge in [0.2, 0.25) is 5.91 Å². The standard InChI is InChI=1S/C41H77N2O6P/c1-6-8-10-12-14-16-18-20-21-22-23-25-27-29-31-33-35-41(45)42-39(38-49-50(46,47)48-37-36-43(3,4)5)40(44)34-32-30-28-26-24-19-17-15-13-11-9-7-2/h16,18,21-22,24,26,32,34,39-40,44H,6-15,17,19-20,23,25,27-31,33,35-38H2,1-5H3,(H-,42,45,46,47)/b18-16-,22-21-,26-24+,34-32+. The van der Waals surface area contributed by atoms with Crippen LogP contribution >= 0.6 is 7.82 Å². The zero-order valence-electron chi connectivity index (χ0n) is 32.8. The molecule has 0 aliphatic rings. The Kier molecular flexibility index (Phi) is 32.3. The molecule has 0 fully saturated rings. The van der Waals surface area contributed by atoms with Gasteiger partial charge in [-0.05, 0) is 64.2 Å². The van der Waals surface area contributed by atoms with Gasteiger partial charge in [-0.1, -0.05) is 133 Å². The summed E-state index contributed by atoms with van der Waals surface area (Å²) in [5.74, 6) is -0.225. The first-order valence-electron chi connectivity index (χ1n) is 20.0. The maximum atomic E-state index is 12.8. The maximum absolute atomic E-state index is 12.8. The van der Waals surface area contributed by atoms with Gasteiger partial charge in [-0.25, -0.2) is 0 Å². The molecule has 8 nitrogen and oxygen atoms in total. The van der Waals surface area contributed by atoms with Crippen LogP contribution in [0.5, 0.6) is 0 Å². The smallest absolute Gasteiger partial charge is 0.268 e. The molecule has 0 aromatic rings. The van der Waals surface area contributed by atoms with Crippen LogP contribution in [0, 0.1) is 0 Å². The van der Waals surface area contributed by atoms with Crippen molar-refractivity contribution in [3.8, 4) is 0 Å². The van der Waals surface area contributed by atoms with Crippen LogP contribution in [0.3, 0.4) is 0 Å². The summed E-state index contributed by atoms with van der Waals surface area (Å²) in [7, 11) is 1.22. The number of hydrogen-bond acceptors (Lipinski definition) is 6. The first kappa shape index (κ1) is 48.5. The molecule has 1 amide bonds. The van der Waals surface area contributed by atoms with Crippen molar-refractivity contribution in [2.24, 2.45) is 0 Å². The molecule has 50 heavy (non-hydrogen) atoms. The highest BCUT2D eigenvalue weighted by atomic mass is 31.2. The molecule has 2 N–H and O–H groups in total. The lowest BCUT2D eigenvalue weighted by molar-refractivity contribution is -0.870. The quantitative estimate of drug-likeness (QED) is 0.0292. The Balaban J connectivity index is 4.57. The summed E-state index contributed by atoms with van der Waals surface area (Å²) >= 11 is 0. The lowest BCUT2D eigenvalue weighted by atomic mass is 10.1. The highest BCUT2D eigenvalue weighted by molar-refractivity contribution is 7.45. The Morgan fingerprint density at radius 3 is 1.76 bits per heavy atom. The molecule has 0 heterocycles. The van der Waals surface area contributed by atoms with Crippen LogP contribution in [0.25, 0.3) is 0 Å². The fourth-order valence-electron chi connectivity index (χ4n) is 5.25. The van der Waals surface area contributed by atoms with Gasteiger partial charge in [0.25, 0.3) is 7.82 Å². The van der Waals surface area contributed by atoms with Gasteiger partial charge >= 0.3 is 0 Å². The highest BCUT2D eigenvalue weighted by Gasteiger charge is 2.23. The minimum atomic E-state index is -4.59. The zero-order valence-corrected chi connectivity index (χ0v) is 33.7. The van der Waals surface area contributed by atoms with E-state index in [1.807, 2.05) is 27.2 Å². The van der Waals surface area contributed by atoms with E-state index in [4.69, 9.17) is 9.05 Å². The van der Waals surface area contributed by atoms with Crippen LogP contribution in [0.4, 0.5) is 0 Å². The van der Waals surface area contributed by atoms with Gasteiger partial charge < -0.3 is 28.8 Å². The number of amides is 1. The molecule has 3 atom stereocenters. The van der Waals surface area contributed by atoms with E-state index in [1.165, 1.54) is 70.6 Å². The van der Waals surface area contributed by atoms with E-state index in [1.54, 1.807) is 6.08 Å². The number of unbranched alkanes of at least 4 members (excludes halogenated alkanes) is 16. The van der Waals surface area contributed by atoms with Crippen molar-refractivity contribution < 1.29 is 32.9 Å². The topological polar surface area (TPSA) is 108 Å². The second kappa shape index (κ2) is 33.3. The van der Waals surface area contributed by atoms with Gasteiger partial charge in [-0.3, -0.25) is 9.36 Å². The van der Waals surface area contributed by atoms with Crippen LogP contribution < -0.4 is 10.2 Å². The number of aliphatic hydroxyl groups excluding tert-OH is 1. The molecule has 0 spiro atoms. The first-order chi connectivity index (χ1) is 24.0. The summed E-state index contributed by atoms with van der Waals surface area (Å²) in [5.41, 5.74) is 0. The van der Waals surface area contributed by atoms with Crippen molar-refractivity contribution in [2.45, 2.75) is 167 Å². The van der Waals surface area contributed by atoms with Gasteiger partial charge in [0.1, 0.15) is 13.2 Å². The number of nitrogens with one attached hydrogen (secondary N) is 1. The van der Waals surface area contributed by atoms with Crippen LogP contribution in [0.2, 0.25) is 0 Å². The molecule has 292 valence electrons. The molecule has 0 rings (SSSR count). The lowest BCUT2D eigenvalue weighted by Gasteiger charge is -2.29. The van der Waals surface area contributed by atoms with Crippen molar-refractivity contribution >= 4 is 13.7 Å². The van der Waals surface area contributed by atoms with Gasteiger partial charge in [0.15, 0.2) is 0 Å². The Bertz CT molecular complexity index is 959. The number of carbonyl (C=O) groups is 1. The number of carbonyl (C=O) groups excluding carboxylic acids is 1. The van der Waals surface area contributed by atoms with Crippen molar-refractivity contribution in [2.75, 3.05) is 40.9 Å². The number of phosphoric ester groups is 1. The SMILES string of the molecule is CCCCCC/C=C\C/C=C\CCCCCCCC(=O)NC(COP(=O)([O-])OCC[N+](C)(C)C)C(O)/C=C/CC/C=C/CCCCCCCC. The molecule has 0 bridgehead atoms. The number of aliphatic hydroxyl groups is 1.